The number of carboxylic acids is 1. The lowest BCUT2D eigenvalue weighted by atomic mass is 10.1. The fourth-order valence-corrected chi connectivity index (χ4v) is 2.61. The maximum Gasteiger partial charge on any atom is 0.331 e. The van der Waals surface area contributed by atoms with E-state index in [0.29, 0.717) is 22.8 Å². The predicted molar refractivity (Wildman–Crippen MR) is 104 cm³/mol. The molecule has 0 saturated carbocycles. The lowest BCUT2D eigenvalue weighted by Crippen LogP contribution is -2.35. The Morgan fingerprint density at radius 1 is 1.31 bits per heavy atom. The summed E-state index contributed by atoms with van der Waals surface area (Å²) in [6, 6.07) is 3.51. The maximum absolute atomic E-state index is 12.5. The topological polar surface area (TPSA) is 143 Å². The summed E-state index contributed by atoms with van der Waals surface area (Å²) < 4.78 is 1.24. The zero-order chi connectivity index (χ0) is 21.2. The molecule has 0 aliphatic carbocycles. The minimum absolute atomic E-state index is 0.186. The summed E-state index contributed by atoms with van der Waals surface area (Å²) in [5.41, 5.74) is 0.00605. The van der Waals surface area contributed by atoms with Gasteiger partial charge in [-0.15, -0.1) is 0 Å². The molecular weight excluding hydrogens is 376 g/mol. The van der Waals surface area contributed by atoms with Crippen molar-refractivity contribution < 1.29 is 14.7 Å². The number of aromatic nitrogens is 5. The summed E-state index contributed by atoms with van der Waals surface area (Å²) in [5, 5.41) is 15.9. The first-order valence-corrected chi connectivity index (χ1v) is 8.77. The van der Waals surface area contributed by atoms with Crippen LogP contribution in [0.2, 0.25) is 0 Å². The molecule has 0 aliphatic rings. The summed E-state index contributed by atoms with van der Waals surface area (Å²) in [6.45, 7) is 4.64. The number of hydrogen-bond donors (Lipinski definition) is 3. The molecule has 0 saturated heterocycles. The molecular formula is C19H20N6O4. The second kappa shape index (κ2) is 7.66. The monoisotopic (exact) mass is 396 g/mol. The van der Waals surface area contributed by atoms with Crippen molar-refractivity contribution in [3.63, 3.8) is 0 Å². The van der Waals surface area contributed by atoms with Crippen LogP contribution >= 0.6 is 0 Å². The first kappa shape index (κ1) is 19.9. The highest BCUT2D eigenvalue weighted by molar-refractivity contribution is 5.92. The first-order valence-electron chi connectivity index (χ1n) is 8.77. The van der Waals surface area contributed by atoms with E-state index < -0.39 is 23.0 Å². The minimum atomic E-state index is -1.26. The van der Waals surface area contributed by atoms with Crippen LogP contribution in [0.5, 0.6) is 0 Å². The fraction of sp³-hybridized carbons (Fsp3) is 0.263. The highest BCUT2D eigenvalue weighted by Crippen LogP contribution is 2.18. The highest BCUT2D eigenvalue weighted by atomic mass is 16.4. The Morgan fingerprint density at radius 3 is 2.69 bits per heavy atom. The van der Waals surface area contributed by atoms with E-state index in [9.17, 15) is 19.5 Å². The summed E-state index contributed by atoms with van der Waals surface area (Å²) >= 11 is 0. The van der Waals surface area contributed by atoms with Crippen molar-refractivity contribution in [3.8, 4) is 11.4 Å². The number of carbonyl (C=O) groups excluding carboxylic acids is 1. The Hall–Kier alpha value is -3.82. The molecule has 3 heterocycles. The van der Waals surface area contributed by atoms with E-state index in [1.807, 2.05) is 0 Å². The van der Waals surface area contributed by atoms with Gasteiger partial charge in [0.25, 0.3) is 5.56 Å². The molecule has 0 bridgehead atoms. The number of rotatable bonds is 6. The van der Waals surface area contributed by atoms with Crippen LogP contribution in [-0.2, 0) is 21.5 Å². The van der Waals surface area contributed by atoms with Crippen LogP contribution in [0, 0.1) is 6.92 Å². The first-order chi connectivity index (χ1) is 13.7. The molecule has 3 aromatic heterocycles. The van der Waals surface area contributed by atoms with E-state index in [4.69, 9.17) is 0 Å². The van der Waals surface area contributed by atoms with Gasteiger partial charge < -0.3 is 15.4 Å². The van der Waals surface area contributed by atoms with E-state index >= 15 is 0 Å². The Bertz CT molecular complexity index is 1120. The normalized spacial score (nSPS) is 11.3. The molecule has 10 nitrogen and oxygen atoms in total. The van der Waals surface area contributed by atoms with Gasteiger partial charge >= 0.3 is 5.97 Å². The molecule has 0 aliphatic heterocycles. The average molecular weight is 396 g/mol. The lowest BCUT2D eigenvalue weighted by molar-refractivity contribution is -0.146. The number of pyridine rings is 1. The lowest BCUT2D eigenvalue weighted by Gasteiger charge is -2.19. The molecule has 3 aromatic rings. The van der Waals surface area contributed by atoms with Gasteiger partial charge in [0, 0.05) is 35.4 Å². The van der Waals surface area contributed by atoms with Crippen molar-refractivity contribution in [1.29, 1.82) is 0 Å². The Morgan fingerprint density at radius 2 is 2.07 bits per heavy atom. The molecule has 0 fully saturated rings. The second-order valence-corrected chi connectivity index (χ2v) is 6.98. The van der Waals surface area contributed by atoms with Crippen molar-refractivity contribution in [2.45, 2.75) is 32.7 Å². The number of aryl methyl sites for hydroxylation is 1. The SMILES string of the molecule is Cc1nc(-c2cccnc2)[nH]c(=O)c1CC(=O)Nc1cnn(C(C)(C)C(=O)O)c1. The number of hydrogen-bond acceptors (Lipinski definition) is 6. The molecule has 150 valence electrons. The van der Waals surface area contributed by atoms with E-state index in [1.165, 1.54) is 30.9 Å². The van der Waals surface area contributed by atoms with Gasteiger partial charge in [0.1, 0.15) is 5.82 Å². The molecule has 10 heteroatoms. The number of nitrogens with zero attached hydrogens (tertiary/aromatic N) is 4. The molecule has 1 amide bonds. The highest BCUT2D eigenvalue weighted by Gasteiger charge is 2.30. The van der Waals surface area contributed by atoms with Gasteiger partial charge in [-0.1, -0.05) is 0 Å². The zero-order valence-corrected chi connectivity index (χ0v) is 16.1. The predicted octanol–water partition coefficient (Wildman–Crippen LogP) is 1.34. The number of aliphatic carboxylic acids is 1. The van der Waals surface area contributed by atoms with Gasteiger partial charge in [-0.05, 0) is 32.9 Å². The maximum atomic E-state index is 12.5. The number of amides is 1. The number of carbonyl (C=O) groups is 2. The van der Waals surface area contributed by atoms with Crippen molar-refractivity contribution in [2.75, 3.05) is 5.32 Å². The fourth-order valence-electron chi connectivity index (χ4n) is 2.61. The standard InChI is InChI=1S/C19H20N6O4/c1-11-14(17(27)24-16(22-11)12-5-4-6-20-8-12)7-15(26)23-13-9-21-25(10-13)19(2,3)18(28)29/h4-6,8-10H,7H2,1-3H3,(H,23,26)(H,28,29)(H,22,24,27). The van der Waals surface area contributed by atoms with Crippen LogP contribution in [0.15, 0.2) is 41.7 Å². The molecule has 0 radical (unpaired) electrons. The molecule has 0 atom stereocenters. The largest absolute Gasteiger partial charge is 0.479 e. The Labute approximate surface area is 165 Å². The number of carboxylic acid groups (broad SMARTS) is 1. The third-order valence-corrected chi connectivity index (χ3v) is 4.46. The third-order valence-electron chi connectivity index (χ3n) is 4.46. The van der Waals surface area contributed by atoms with Crippen LogP contribution in [0.25, 0.3) is 11.4 Å². The number of nitrogens with one attached hydrogen (secondary N) is 2. The van der Waals surface area contributed by atoms with E-state index in [1.54, 1.807) is 31.5 Å². The van der Waals surface area contributed by atoms with Crippen LogP contribution in [0.1, 0.15) is 25.1 Å². The zero-order valence-electron chi connectivity index (χ0n) is 16.1. The summed E-state index contributed by atoms with van der Waals surface area (Å²) in [4.78, 5) is 47.2. The number of aromatic amines is 1. The van der Waals surface area contributed by atoms with Gasteiger partial charge in [0.15, 0.2) is 5.54 Å². The van der Waals surface area contributed by atoms with E-state index in [-0.39, 0.29) is 12.0 Å². The van der Waals surface area contributed by atoms with Crippen molar-refractivity contribution >= 4 is 17.6 Å². The number of anilines is 1. The average Bonchev–Trinajstić information content (AvgIpc) is 3.14. The quantitative estimate of drug-likeness (QED) is 0.570. The molecule has 0 spiro atoms. The van der Waals surface area contributed by atoms with Crippen molar-refractivity contribution in [2.24, 2.45) is 0 Å². The third kappa shape index (κ3) is 4.21. The van der Waals surface area contributed by atoms with Crippen molar-refractivity contribution in [3.05, 3.63) is 58.5 Å². The van der Waals surface area contributed by atoms with Crippen LogP contribution in [0.3, 0.4) is 0 Å². The molecule has 3 N–H and O–H groups in total. The molecule has 0 unspecified atom stereocenters. The van der Waals surface area contributed by atoms with E-state index in [2.05, 4.69) is 25.4 Å². The minimum Gasteiger partial charge on any atom is -0.479 e. The molecule has 29 heavy (non-hydrogen) atoms. The molecule has 3 rings (SSSR count). The molecule has 0 aromatic carbocycles. The Balaban J connectivity index is 1.76. The van der Waals surface area contributed by atoms with Gasteiger partial charge in [-0.2, -0.15) is 5.10 Å². The number of H-pyrrole nitrogens is 1. The van der Waals surface area contributed by atoms with Crippen molar-refractivity contribution in [1.82, 2.24) is 24.7 Å². The van der Waals surface area contributed by atoms with Crippen LogP contribution in [-0.4, -0.2) is 41.7 Å². The van der Waals surface area contributed by atoms with Gasteiger partial charge in [0.05, 0.1) is 18.3 Å². The smallest absolute Gasteiger partial charge is 0.331 e. The summed E-state index contributed by atoms with van der Waals surface area (Å²) in [7, 11) is 0. The van der Waals surface area contributed by atoms with Gasteiger partial charge in [0.2, 0.25) is 5.91 Å². The Kier molecular flexibility index (Phi) is 5.26. The summed E-state index contributed by atoms with van der Waals surface area (Å²) in [6.07, 6.45) is 5.79. The van der Waals surface area contributed by atoms with Gasteiger partial charge in [-0.25, -0.2) is 9.78 Å². The van der Waals surface area contributed by atoms with Crippen LogP contribution < -0.4 is 10.9 Å². The summed E-state index contributed by atoms with van der Waals surface area (Å²) in [5.74, 6) is -1.12. The van der Waals surface area contributed by atoms with Gasteiger partial charge in [-0.3, -0.25) is 19.3 Å². The van der Waals surface area contributed by atoms with E-state index in [0.717, 1.165) is 0 Å². The second-order valence-electron chi connectivity index (χ2n) is 6.98. The van der Waals surface area contributed by atoms with Crippen LogP contribution in [0.4, 0.5) is 5.69 Å².